The fraction of sp³-hybridized carbons (Fsp3) is 0.500. The SMILES string of the molecule is CCSc1cccc(NC2CCCNC2)c1C#N. The van der Waals surface area contributed by atoms with Crippen molar-refractivity contribution in [3.05, 3.63) is 23.8 Å². The summed E-state index contributed by atoms with van der Waals surface area (Å²) in [4.78, 5) is 1.08. The van der Waals surface area contributed by atoms with Crippen LogP contribution in [0.4, 0.5) is 5.69 Å². The third-order valence-electron chi connectivity index (χ3n) is 3.09. The molecule has 0 aliphatic carbocycles. The van der Waals surface area contributed by atoms with Crippen LogP contribution in [0.1, 0.15) is 25.3 Å². The van der Waals surface area contributed by atoms with Crippen molar-refractivity contribution in [2.24, 2.45) is 0 Å². The van der Waals surface area contributed by atoms with E-state index in [4.69, 9.17) is 0 Å². The van der Waals surface area contributed by atoms with Crippen LogP contribution in [0, 0.1) is 11.3 Å². The normalized spacial score (nSPS) is 19.2. The van der Waals surface area contributed by atoms with Crippen LogP contribution in [0.15, 0.2) is 23.1 Å². The number of benzene rings is 1. The Labute approximate surface area is 113 Å². The number of rotatable bonds is 4. The predicted octanol–water partition coefficient (Wildman–Crippen LogP) is 2.83. The molecular weight excluding hydrogens is 242 g/mol. The van der Waals surface area contributed by atoms with Crippen molar-refractivity contribution >= 4 is 17.4 Å². The maximum atomic E-state index is 9.34. The molecule has 1 aromatic rings. The van der Waals surface area contributed by atoms with Crippen LogP contribution in [0.3, 0.4) is 0 Å². The van der Waals surface area contributed by atoms with Gasteiger partial charge in [0.25, 0.3) is 0 Å². The number of hydrogen-bond acceptors (Lipinski definition) is 4. The molecule has 1 fully saturated rings. The molecule has 0 aromatic heterocycles. The molecule has 1 saturated heterocycles. The van der Waals surface area contributed by atoms with Gasteiger partial charge in [-0.2, -0.15) is 5.26 Å². The van der Waals surface area contributed by atoms with Crippen LogP contribution in [0.2, 0.25) is 0 Å². The van der Waals surface area contributed by atoms with Crippen molar-refractivity contribution in [1.29, 1.82) is 5.26 Å². The monoisotopic (exact) mass is 261 g/mol. The summed E-state index contributed by atoms with van der Waals surface area (Å²) in [5.74, 6) is 0.989. The van der Waals surface area contributed by atoms with Crippen LogP contribution in [0.25, 0.3) is 0 Å². The van der Waals surface area contributed by atoms with Gasteiger partial charge in [0.15, 0.2) is 0 Å². The highest BCUT2D eigenvalue weighted by atomic mass is 32.2. The number of anilines is 1. The Balaban J connectivity index is 2.16. The van der Waals surface area contributed by atoms with E-state index >= 15 is 0 Å². The minimum Gasteiger partial charge on any atom is -0.380 e. The zero-order valence-corrected chi connectivity index (χ0v) is 11.5. The molecule has 1 atom stereocenters. The Morgan fingerprint density at radius 2 is 2.44 bits per heavy atom. The lowest BCUT2D eigenvalue weighted by atomic mass is 10.1. The average molecular weight is 261 g/mol. The minimum absolute atomic E-state index is 0.438. The zero-order valence-electron chi connectivity index (χ0n) is 10.7. The van der Waals surface area contributed by atoms with Crippen molar-refractivity contribution < 1.29 is 0 Å². The summed E-state index contributed by atoms with van der Waals surface area (Å²) in [6, 6.07) is 8.83. The molecule has 1 aromatic carbocycles. The van der Waals surface area contributed by atoms with Crippen molar-refractivity contribution in [2.75, 3.05) is 24.2 Å². The van der Waals surface area contributed by atoms with Crippen LogP contribution in [0.5, 0.6) is 0 Å². The van der Waals surface area contributed by atoms with Gasteiger partial charge in [0.2, 0.25) is 0 Å². The summed E-state index contributed by atoms with van der Waals surface area (Å²) in [6.07, 6.45) is 2.37. The van der Waals surface area contributed by atoms with Gasteiger partial charge in [-0.25, -0.2) is 0 Å². The molecule has 0 amide bonds. The summed E-state index contributed by atoms with van der Waals surface area (Å²) in [7, 11) is 0. The Hall–Kier alpha value is -1.18. The van der Waals surface area contributed by atoms with Gasteiger partial charge in [-0.05, 0) is 37.3 Å². The van der Waals surface area contributed by atoms with Gasteiger partial charge in [-0.15, -0.1) is 11.8 Å². The van der Waals surface area contributed by atoms with Crippen molar-refractivity contribution in [3.63, 3.8) is 0 Å². The van der Waals surface area contributed by atoms with Crippen molar-refractivity contribution in [2.45, 2.75) is 30.7 Å². The number of hydrogen-bond donors (Lipinski definition) is 2. The van der Waals surface area contributed by atoms with Crippen LogP contribution in [-0.4, -0.2) is 24.9 Å². The molecule has 0 saturated carbocycles. The molecule has 0 bridgehead atoms. The van der Waals surface area contributed by atoms with Gasteiger partial charge in [0, 0.05) is 17.5 Å². The zero-order chi connectivity index (χ0) is 12.8. The molecule has 3 nitrogen and oxygen atoms in total. The first-order valence-corrected chi connectivity index (χ1v) is 7.47. The molecule has 96 valence electrons. The molecular formula is C14H19N3S. The second-order valence-corrected chi connectivity index (χ2v) is 5.72. The summed E-state index contributed by atoms with van der Waals surface area (Å²) in [6.45, 7) is 4.20. The maximum Gasteiger partial charge on any atom is 0.102 e. The van der Waals surface area contributed by atoms with E-state index in [2.05, 4.69) is 23.6 Å². The lowest BCUT2D eigenvalue weighted by Crippen LogP contribution is -2.38. The molecule has 1 unspecified atom stereocenters. The molecule has 4 heteroatoms. The van der Waals surface area contributed by atoms with Gasteiger partial charge in [0.1, 0.15) is 6.07 Å². The third kappa shape index (κ3) is 3.18. The number of thioether (sulfide) groups is 1. The standard InChI is InChI=1S/C14H19N3S/c1-2-18-14-7-3-6-13(12(14)9-15)17-11-5-4-8-16-10-11/h3,6-7,11,16-17H,2,4-5,8,10H2,1H3. The van der Waals surface area contributed by atoms with Crippen LogP contribution >= 0.6 is 11.8 Å². The van der Waals surface area contributed by atoms with Gasteiger partial charge in [-0.3, -0.25) is 0 Å². The van der Waals surface area contributed by atoms with E-state index in [1.165, 1.54) is 12.8 Å². The lowest BCUT2D eigenvalue weighted by Gasteiger charge is -2.25. The first-order chi connectivity index (χ1) is 8.85. The molecule has 18 heavy (non-hydrogen) atoms. The molecule has 1 aliphatic heterocycles. The largest absolute Gasteiger partial charge is 0.380 e. The van der Waals surface area contributed by atoms with Crippen LogP contribution < -0.4 is 10.6 Å². The lowest BCUT2D eigenvalue weighted by molar-refractivity contribution is 0.480. The highest BCUT2D eigenvalue weighted by Crippen LogP contribution is 2.28. The Morgan fingerprint density at radius 3 is 3.11 bits per heavy atom. The van der Waals surface area contributed by atoms with E-state index in [-0.39, 0.29) is 0 Å². The average Bonchev–Trinajstić information content (AvgIpc) is 2.41. The topological polar surface area (TPSA) is 47.8 Å². The first kappa shape index (κ1) is 13.3. The highest BCUT2D eigenvalue weighted by molar-refractivity contribution is 7.99. The summed E-state index contributed by atoms with van der Waals surface area (Å²) < 4.78 is 0. The van der Waals surface area contributed by atoms with E-state index in [9.17, 15) is 5.26 Å². The van der Waals surface area contributed by atoms with Crippen molar-refractivity contribution in [3.8, 4) is 6.07 Å². The molecule has 1 heterocycles. The fourth-order valence-electron chi connectivity index (χ4n) is 2.24. The smallest absolute Gasteiger partial charge is 0.102 e. The second kappa shape index (κ2) is 6.67. The van der Waals surface area contributed by atoms with E-state index < -0.39 is 0 Å². The predicted molar refractivity (Wildman–Crippen MR) is 77.1 cm³/mol. The Morgan fingerprint density at radius 1 is 1.56 bits per heavy atom. The maximum absolute atomic E-state index is 9.34. The second-order valence-electron chi connectivity index (χ2n) is 4.41. The minimum atomic E-state index is 0.438. The fourth-order valence-corrected chi connectivity index (χ4v) is 3.02. The Kier molecular flexibility index (Phi) is 4.91. The van der Waals surface area contributed by atoms with Crippen molar-refractivity contribution in [1.82, 2.24) is 5.32 Å². The number of piperidine rings is 1. The summed E-state index contributed by atoms with van der Waals surface area (Å²) in [5.41, 5.74) is 1.76. The van der Waals surface area contributed by atoms with Gasteiger partial charge in [-0.1, -0.05) is 13.0 Å². The van der Waals surface area contributed by atoms with E-state index in [0.717, 1.165) is 35.0 Å². The van der Waals surface area contributed by atoms with E-state index in [1.54, 1.807) is 11.8 Å². The highest BCUT2D eigenvalue weighted by Gasteiger charge is 2.15. The van der Waals surface area contributed by atoms with E-state index in [1.807, 2.05) is 18.2 Å². The van der Waals surface area contributed by atoms with Gasteiger partial charge in [0.05, 0.1) is 11.3 Å². The van der Waals surface area contributed by atoms with Crippen LogP contribution in [-0.2, 0) is 0 Å². The summed E-state index contributed by atoms with van der Waals surface area (Å²) >= 11 is 1.72. The Bertz CT molecular complexity index is 433. The van der Waals surface area contributed by atoms with E-state index in [0.29, 0.717) is 6.04 Å². The quantitative estimate of drug-likeness (QED) is 0.818. The molecule has 1 aliphatic rings. The third-order valence-corrected chi connectivity index (χ3v) is 4.03. The molecule has 0 radical (unpaired) electrons. The molecule has 0 spiro atoms. The van der Waals surface area contributed by atoms with Gasteiger partial charge < -0.3 is 10.6 Å². The number of nitrogens with one attached hydrogen (secondary N) is 2. The number of nitriles is 1. The number of nitrogens with zero attached hydrogens (tertiary/aromatic N) is 1. The first-order valence-electron chi connectivity index (χ1n) is 6.48. The molecule has 2 N–H and O–H groups in total. The molecule has 2 rings (SSSR count). The summed E-state index contributed by atoms with van der Waals surface area (Å²) in [5, 5.41) is 16.2. The van der Waals surface area contributed by atoms with Gasteiger partial charge >= 0.3 is 0 Å².